The maximum Gasteiger partial charge on any atom is 0.0847 e. The molecule has 0 unspecified atom stereocenters. The fourth-order valence-corrected chi connectivity index (χ4v) is 5.02. The van der Waals surface area contributed by atoms with Crippen molar-refractivity contribution in [1.82, 2.24) is 15.0 Å². The molecule has 7 rings (SSSR count). The predicted octanol–water partition coefficient (Wildman–Crippen LogP) is 9.91. The second-order valence-electron chi connectivity index (χ2n) is 11.2. The maximum absolute atomic E-state index is 5.65. The number of benzene rings is 3. The fraction of sp³-hybridized carbons (Fsp3) is 0.154. The van der Waals surface area contributed by atoms with Crippen molar-refractivity contribution in [3.63, 3.8) is 0 Å². The Kier molecular flexibility index (Phi) is 9.19. The molecule has 4 heterocycles. The maximum atomic E-state index is 5.65. The van der Waals surface area contributed by atoms with Crippen molar-refractivity contribution < 1.29 is 24.5 Å². The topological polar surface area (TPSA) is 51.8 Å². The first-order valence-electron chi connectivity index (χ1n) is 14.4. The minimum Gasteiger partial charge on any atom is -0.506 e. The van der Waals surface area contributed by atoms with Gasteiger partial charge in [-0.2, -0.15) is 0 Å². The Balaban J connectivity index is 0.000000194. The number of aromatic nitrogens is 3. The van der Waals surface area contributed by atoms with Crippen molar-refractivity contribution in [2.24, 2.45) is 0 Å². The summed E-state index contributed by atoms with van der Waals surface area (Å²) in [6.45, 7) is 12.5. The Bertz CT molecular complexity index is 2040. The first-order chi connectivity index (χ1) is 20.8. The van der Waals surface area contributed by atoms with Crippen LogP contribution in [0.4, 0.5) is 0 Å². The summed E-state index contributed by atoms with van der Waals surface area (Å²) >= 11 is 0. The number of nitrogens with zero attached hydrogens (tertiary/aromatic N) is 3. The fourth-order valence-electron chi connectivity index (χ4n) is 5.02. The van der Waals surface area contributed by atoms with Gasteiger partial charge in [-0.3, -0.25) is 9.97 Å². The third-order valence-corrected chi connectivity index (χ3v) is 7.91. The molecular formula is C39H33IrN3O-2. The van der Waals surface area contributed by atoms with Crippen molar-refractivity contribution in [3.8, 4) is 33.6 Å². The molecular weight excluding hydrogens is 719 g/mol. The largest absolute Gasteiger partial charge is 0.506 e. The molecule has 4 aromatic heterocycles. The minimum atomic E-state index is 0. The summed E-state index contributed by atoms with van der Waals surface area (Å²) < 4.78 is 5.65. The van der Waals surface area contributed by atoms with E-state index in [0.29, 0.717) is 0 Å². The van der Waals surface area contributed by atoms with E-state index in [9.17, 15) is 0 Å². The number of aryl methyl sites for hydroxylation is 6. The zero-order valence-electron chi connectivity index (χ0n) is 25.7. The first-order valence-corrected chi connectivity index (χ1v) is 14.4. The summed E-state index contributed by atoms with van der Waals surface area (Å²) in [7, 11) is 0. The number of fused-ring (bicyclic) bond motifs is 3. The van der Waals surface area contributed by atoms with Gasteiger partial charge in [-0.1, -0.05) is 89.8 Å². The van der Waals surface area contributed by atoms with Crippen LogP contribution in [0.2, 0.25) is 0 Å². The molecule has 5 heteroatoms. The summed E-state index contributed by atoms with van der Waals surface area (Å²) in [6, 6.07) is 29.8. The van der Waals surface area contributed by atoms with Crippen LogP contribution in [0.25, 0.3) is 55.5 Å². The van der Waals surface area contributed by atoms with Gasteiger partial charge >= 0.3 is 0 Å². The van der Waals surface area contributed by atoms with Gasteiger partial charge in [0.1, 0.15) is 0 Å². The molecule has 0 spiro atoms. The molecule has 0 fully saturated rings. The van der Waals surface area contributed by atoms with Crippen LogP contribution >= 0.6 is 0 Å². The van der Waals surface area contributed by atoms with E-state index in [1.807, 2.05) is 43.7 Å². The average Bonchev–Trinajstić information content (AvgIpc) is 3.49. The molecule has 0 aliphatic heterocycles. The molecule has 0 N–H and O–H groups in total. The van der Waals surface area contributed by atoms with E-state index >= 15 is 0 Å². The van der Waals surface area contributed by atoms with Crippen molar-refractivity contribution in [2.45, 2.75) is 41.5 Å². The van der Waals surface area contributed by atoms with Crippen molar-refractivity contribution in [3.05, 3.63) is 137 Å². The van der Waals surface area contributed by atoms with Gasteiger partial charge in [-0.25, -0.2) is 0 Å². The van der Waals surface area contributed by atoms with Crippen LogP contribution in [0, 0.1) is 53.7 Å². The molecule has 221 valence electrons. The van der Waals surface area contributed by atoms with Gasteiger partial charge in [-0.15, -0.1) is 41.0 Å². The number of hydrogen-bond donors (Lipinski definition) is 0. The average molecular weight is 752 g/mol. The van der Waals surface area contributed by atoms with Gasteiger partial charge in [0.15, 0.2) is 0 Å². The number of rotatable bonds is 3. The van der Waals surface area contributed by atoms with Crippen molar-refractivity contribution >= 4 is 21.9 Å². The van der Waals surface area contributed by atoms with Crippen LogP contribution in [0.5, 0.6) is 0 Å². The zero-order valence-corrected chi connectivity index (χ0v) is 28.1. The monoisotopic (exact) mass is 752 g/mol. The van der Waals surface area contributed by atoms with Crippen LogP contribution in [0.3, 0.4) is 0 Å². The van der Waals surface area contributed by atoms with E-state index in [2.05, 4.69) is 110 Å². The molecule has 0 saturated heterocycles. The molecule has 4 nitrogen and oxygen atoms in total. The molecule has 0 bridgehead atoms. The van der Waals surface area contributed by atoms with Gasteiger partial charge in [0.25, 0.3) is 0 Å². The summed E-state index contributed by atoms with van der Waals surface area (Å²) in [6.07, 6.45) is 7.33. The molecule has 0 atom stereocenters. The van der Waals surface area contributed by atoms with E-state index in [4.69, 9.17) is 4.42 Å². The normalized spacial score (nSPS) is 10.8. The standard InChI is InChI=1S/C24H17N2O.C15H16N.Ir/c1-15-3-5-17(6-4-15)18-7-9-25-22(13-18)20-12-19-8-10-27-24(19)23-21(20)11-16(2)14-26-23;1-10-5-6-14(7-11(10)2)15-8-12(3)13(4)9-16-15;/h3-11,13-14H,1-2H3;5,7-9H,1-4H3;/q2*-1;. The van der Waals surface area contributed by atoms with Crippen molar-refractivity contribution in [2.75, 3.05) is 0 Å². The van der Waals surface area contributed by atoms with Crippen LogP contribution in [0.15, 0.2) is 96.0 Å². The molecule has 0 amide bonds. The van der Waals surface area contributed by atoms with E-state index in [1.165, 1.54) is 33.4 Å². The van der Waals surface area contributed by atoms with Crippen LogP contribution in [0.1, 0.15) is 33.4 Å². The molecule has 0 aliphatic rings. The Morgan fingerprint density at radius 2 is 1.41 bits per heavy atom. The molecule has 0 aliphatic carbocycles. The summed E-state index contributed by atoms with van der Waals surface area (Å²) in [5, 5.41) is 1.92. The van der Waals surface area contributed by atoms with Crippen LogP contribution in [-0.2, 0) is 20.1 Å². The van der Waals surface area contributed by atoms with Crippen LogP contribution < -0.4 is 0 Å². The number of hydrogen-bond acceptors (Lipinski definition) is 4. The van der Waals surface area contributed by atoms with E-state index in [1.54, 1.807) is 6.26 Å². The Labute approximate surface area is 272 Å². The minimum absolute atomic E-state index is 0. The van der Waals surface area contributed by atoms with E-state index in [-0.39, 0.29) is 20.1 Å². The zero-order chi connectivity index (χ0) is 30.1. The van der Waals surface area contributed by atoms with Gasteiger partial charge in [-0.05, 0) is 61.7 Å². The summed E-state index contributed by atoms with van der Waals surface area (Å²) in [5.74, 6) is 0. The van der Waals surface area contributed by atoms with Crippen molar-refractivity contribution in [1.29, 1.82) is 0 Å². The quantitative estimate of drug-likeness (QED) is 0.169. The number of furan rings is 1. The Morgan fingerprint density at radius 3 is 2.16 bits per heavy atom. The summed E-state index contributed by atoms with van der Waals surface area (Å²) in [4.78, 5) is 13.7. The smallest absolute Gasteiger partial charge is 0.0847 e. The third-order valence-electron chi connectivity index (χ3n) is 7.91. The van der Waals surface area contributed by atoms with Gasteiger partial charge in [0.05, 0.1) is 5.58 Å². The predicted molar refractivity (Wildman–Crippen MR) is 176 cm³/mol. The second-order valence-corrected chi connectivity index (χ2v) is 11.2. The third kappa shape index (κ3) is 6.40. The van der Waals surface area contributed by atoms with Gasteiger partial charge in [0, 0.05) is 56.2 Å². The summed E-state index contributed by atoms with van der Waals surface area (Å²) in [5.41, 5.74) is 15.2. The van der Waals surface area contributed by atoms with Gasteiger partial charge in [0.2, 0.25) is 0 Å². The van der Waals surface area contributed by atoms with E-state index in [0.717, 1.165) is 55.5 Å². The second kappa shape index (κ2) is 13.1. The van der Waals surface area contributed by atoms with E-state index < -0.39 is 0 Å². The molecule has 44 heavy (non-hydrogen) atoms. The first kappa shape index (κ1) is 31.0. The SMILES string of the molecule is Cc1c[c-]c(-c2cc(C)c(C)cn2)cc1C.Cc1ccc(-c2ccnc(-c3[c-]c4ccoc4c4ncc(C)cc34)c2)cc1.[Ir]. The number of pyridine rings is 3. The van der Waals surface area contributed by atoms with Gasteiger partial charge < -0.3 is 9.40 Å². The molecule has 3 aromatic carbocycles. The molecule has 7 aromatic rings. The van der Waals surface area contributed by atoms with Crippen LogP contribution in [-0.4, -0.2) is 15.0 Å². The Morgan fingerprint density at radius 1 is 0.636 bits per heavy atom. The Hall–Kier alpha value is -4.44. The molecule has 0 saturated carbocycles. The molecule has 1 radical (unpaired) electrons.